The molecule has 2 atom stereocenters. The summed E-state index contributed by atoms with van der Waals surface area (Å²) >= 11 is 0. The van der Waals surface area contributed by atoms with Gasteiger partial charge < -0.3 is 10.3 Å². The first kappa shape index (κ1) is 16.5. The Morgan fingerprint density at radius 3 is 2.86 bits per heavy atom. The maximum Gasteiger partial charge on any atom is 0.244 e. The minimum atomic E-state index is -3.39. The van der Waals surface area contributed by atoms with Crippen molar-refractivity contribution in [1.29, 1.82) is 0 Å². The normalized spacial score (nSPS) is 23.6. The Morgan fingerprint density at radius 2 is 2.19 bits per heavy atom. The number of hydrogen-bond acceptors (Lipinski definition) is 3. The van der Waals surface area contributed by atoms with Crippen molar-refractivity contribution in [3.05, 3.63) is 18.0 Å². The zero-order valence-corrected chi connectivity index (χ0v) is 14.0. The van der Waals surface area contributed by atoms with Gasteiger partial charge in [-0.05, 0) is 31.4 Å². The summed E-state index contributed by atoms with van der Waals surface area (Å²) in [7, 11) is -1.67. The van der Waals surface area contributed by atoms with E-state index in [0.29, 0.717) is 17.4 Å². The fourth-order valence-electron chi connectivity index (χ4n) is 3.02. The lowest BCUT2D eigenvalue weighted by molar-refractivity contribution is 0.239. The van der Waals surface area contributed by atoms with Gasteiger partial charge in [0.15, 0.2) is 0 Å². The van der Waals surface area contributed by atoms with Crippen molar-refractivity contribution in [2.75, 3.05) is 13.6 Å². The Labute approximate surface area is 128 Å². The van der Waals surface area contributed by atoms with E-state index in [-0.39, 0.29) is 6.04 Å². The van der Waals surface area contributed by atoms with E-state index < -0.39 is 10.0 Å². The first-order valence-electron chi connectivity index (χ1n) is 7.81. The highest BCUT2D eigenvalue weighted by Crippen LogP contribution is 2.29. The summed E-state index contributed by atoms with van der Waals surface area (Å²) in [4.78, 5) is 3.42. The van der Waals surface area contributed by atoms with Crippen LogP contribution in [0.2, 0.25) is 0 Å². The molecule has 0 saturated heterocycles. The molecule has 0 aromatic carbocycles. The summed E-state index contributed by atoms with van der Waals surface area (Å²) in [5, 5.41) is 3.19. The highest BCUT2D eigenvalue weighted by molar-refractivity contribution is 7.89. The van der Waals surface area contributed by atoms with Crippen molar-refractivity contribution in [3.8, 4) is 0 Å². The minimum absolute atomic E-state index is 0.130. The molecule has 2 unspecified atom stereocenters. The molecule has 1 heterocycles. The monoisotopic (exact) mass is 313 g/mol. The molecule has 21 heavy (non-hydrogen) atoms. The van der Waals surface area contributed by atoms with Crippen molar-refractivity contribution in [3.63, 3.8) is 0 Å². The number of H-pyrrole nitrogens is 1. The standard InChI is InChI=1S/C15H27N3O2S/c1-4-16-10-13-9-15(11-17-13)21(19,20)18(3)14-7-5-6-12(2)8-14/h9,11-12,14,16-17H,4-8,10H2,1-3H3. The predicted molar refractivity (Wildman–Crippen MR) is 84.5 cm³/mol. The van der Waals surface area contributed by atoms with Crippen LogP contribution in [-0.2, 0) is 16.6 Å². The lowest BCUT2D eigenvalue weighted by Crippen LogP contribution is -2.39. The second-order valence-electron chi connectivity index (χ2n) is 6.09. The number of nitrogens with zero attached hydrogens (tertiary/aromatic N) is 1. The van der Waals surface area contributed by atoms with Crippen LogP contribution >= 0.6 is 0 Å². The van der Waals surface area contributed by atoms with Crippen LogP contribution in [0.4, 0.5) is 0 Å². The van der Waals surface area contributed by atoms with Crippen LogP contribution in [-0.4, -0.2) is 37.3 Å². The fourth-order valence-corrected chi connectivity index (χ4v) is 4.44. The lowest BCUT2D eigenvalue weighted by atomic mass is 9.87. The molecule has 120 valence electrons. The number of sulfonamides is 1. The van der Waals surface area contributed by atoms with E-state index in [9.17, 15) is 8.42 Å². The van der Waals surface area contributed by atoms with E-state index in [1.54, 1.807) is 23.6 Å². The zero-order chi connectivity index (χ0) is 15.5. The van der Waals surface area contributed by atoms with Gasteiger partial charge in [-0.2, -0.15) is 4.31 Å². The summed E-state index contributed by atoms with van der Waals surface area (Å²) in [6.45, 7) is 5.76. The molecule has 0 bridgehead atoms. The molecule has 0 aliphatic heterocycles. The van der Waals surface area contributed by atoms with E-state index in [4.69, 9.17) is 0 Å². The molecule has 1 aromatic rings. The largest absolute Gasteiger partial charge is 0.363 e. The van der Waals surface area contributed by atoms with Crippen LogP contribution < -0.4 is 5.32 Å². The maximum absolute atomic E-state index is 12.7. The maximum atomic E-state index is 12.7. The van der Waals surface area contributed by atoms with Gasteiger partial charge in [-0.1, -0.05) is 26.7 Å². The summed E-state index contributed by atoms with van der Waals surface area (Å²) in [5.74, 6) is 0.608. The number of rotatable bonds is 6. The molecule has 1 aliphatic rings. The number of nitrogens with one attached hydrogen (secondary N) is 2. The highest BCUT2D eigenvalue weighted by atomic mass is 32.2. The Bertz CT molecular complexity index is 553. The van der Waals surface area contributed by atoms with Crippen molar-refractivity contribution in [2.24, 2.45) is 5.92 Å². The predicted octanol–water partition coefficient (Wildman–Crippen LogP) is 2.32. The van der Waals surface area contributed by atoms with Gasteiger partial charge in [0.05, 0.1) is 4.90 Å². The van der Waals surface area contributed by atoms with Gasteiger partial charge in [0.25, 0.3) is 0 Å². The molecule has 6 heteroatoms. The van der Waals surface area contributed by atoms with E-state index in [1.807, 2.05) is 6.92 Å². The third kappa shape index (κ3) is 3.87. The van der Waals surface area contributed by atoms with Crippen molar-refractivity contribution in [2.45, 2.75) is 57.0 Å². The van der Waals surface area contributed by atoms with Crippen LogP contribution in [0.1, 0.15) is 45.2 Å². The Morgan fingerprint density at radius 1 is 1.43 bits per heavy atom. The molecule has 1 aliphatic carbocycles. The highest BCUT2D eigenvalue weighted by Gasteiger charge is 2.31. The van der Waals surface area contributed by atoms with Crippen molar-refractivity contribution >= 4 is 10.0 Å². The van der Waals surface area contributed by atoms with Gasteiger partial charge in [0, 0.05) is 31.5 Å². The Kier molecular flexibility index (Phi) is 5.46. The van der Waals surface area contributed by atoms with Gasteiger partial charge >= 0.3 is 0 Å². The summed E-state index contributed by atoms with van der Waals surface area (Å²) < 4.78 is 27.0. The Balaban J connectivity index is 2.11. The lowest BCUT2D eigenvalue weighted by Gasteiger charge is -2.33. The fraction of sp³-hybridized carbons (Fsp3) is 0.733. The molecule has 1 saturated carbocycles. The SMILES string of the molecule is CCNCc1cc(S(=O)(=O)N(C)C2CCCC(C)C2)c[nH]1. The molecule has 5 nitrogen and oxygen atoms in total. The molecule has 0 spiro atoms. The van der Waals surface area contributed by atoms with E-state index in [0.717, 1.165) is 31.5 Å². The summed E-state index contributed by atoms with van der Waals surface area (Å²) in [6, 6.07) is 1.87. The molecule has 2 N–H and O–H groups in total. The number of aromatic nitrogens is 1. The van der Waals surface area contributed by atoms with Crippen molar-refractivity contribution in [1.82, 2.24) is 14.6 Å². The third-order valence-electron chi connectivity index (χ3n) is 4.38. The van der Waals surface area contributed by atoms with Crippen LogP contribution in [0.3, 0.4) is 0 Å². The van der Waals surface area contributed by atoms with Gasteiger partial charge in [-0.25, -0.2) is 8.42 Å². The topological polar surface area (TPSA) is 65.2 Å². The average molecular weight is 313 g/mol. The zero-order valence-electron chi connectivity index (χ0n) is 13.2. The van der Waals surface area contributed by atoms with Crippen LogP contribution in [0.25, 0.3) is 0 Å². The molecule has 2 rings (SSSR count). The second-order valence-corrected chi connectivity index (χ2v) is 8.09. The first-order valence-corrected chi connectivity index (χ1v) is 9.25. The van der Waals surface area contributed by atoms with Gasteiger partial charge in [-0.15, -0.1) is 0 Å². The number of aromatic amines is 1. The van der Waals surface area contributed by atoms with E-state index in [1.165, 1.54) is 6.42 Å². The molecular weight excluding hydrogens is 286 g/mol. The molecule has 1 aromatic heterocycles. The smallest absolute Gasteiger partial charge is 0.244 e. The van der Waals surface area contributed by atoms with E-state index in [2.05, 4.69) is 17.2 Å². The molecular formula is C15H27N3O2S. The Hall–Kier alpha value is -0.850. The minimum Gasteiger partial charge on any atom is -0.363 e. The quantitative estimate of drug-likeness (QED) is 0.847. The number of hydrogen-bond donors (Lipinski definition) is 2. The third-order valence-corrected chi connectivity index (χ3v) is 6.27. The van der Waals surface area contributed by atoms with Crippen LogP contribution in [0.15, 0.2) is 17.2 Å². The molecule has 1 fully saturated rings. The van der Waals surface area contributed by atoms with Crippen LogP contribution in [0, 0.1) is 5.92 Å². The van der Waals surface area contributed by atoms with Crippen molar-refractivity contribution < 1.29 is 8.42 Å². The second kappa shape index (κ2) is 6.94. The summed E-state index contributed by atoms with van der Waals surface area (Å²) in [5.41, 5.74) is 0.904. The van der Waals surface area contributed by atoms with Crippen LogP contribution in [0.5, 0.6) is 0 Å². The molecule has 0 radical (unpaired) electrons. The van der Waals surface area contributed by atoms with Gasteiger partial charge in [-0.3, -0.25) is 0 Å². The van der Waals surface area contributed by atoms with Gasteiger partial charge in [0.2, 0.25) is 10.0 Å². The van der Waals surface area contributed by atoms with E-state index >= 15 is 0 Å². The first-order chi connectivity index (χ1) is 9.95. The molecule has 0 amide bonds. The summed E-state index contributed by atoms with van der Waals surface area (Å²) in [6.07, 6.45) is 5.86. The van der Waals surface area contributed by atoms with Gasteiger partial charge in [0.1, 0.15) is 0 Å². The average Bonchev–Trinajstić information content (AvgIpc) is 2.93.